The number of hydrogen-bond donors (Lipinski definition) is 2. The predicted octanol–water partition coefficient (Wildman–Crippen LogP) is 1.87. The Hall–Kier alpha value is -2.04. The van der Waals surface area contributed by atoms with Gasteiger partial charge in [-0.3, -0.25) is 5.43 Å². The van der Waals surface area contributed by atoms with E-state index in [0.717, 1.165) is 24.5 Å². The second-order valence-corrected chi connectivity index (χ2v) is 4.53. The van der Waals surface area contributed by atoms with Crippen molar-refractivity contribution < 1.29 is 0 Å². The van der Waals surface area contributed by atoms with Gasteiger partial charge in [-0.15, -0.1) is 0 Å². The number of amidine groups is 1. The third kappa shape index (κ3) is 2.86. The number of nitrogens with two attached hydrogens (primary N) is 1. The summed E-state index contributed by atoms with van der Waals surface area (Å²) in [6.45, 7) is 8.31. The van der Waals surface area contributed by atoms with Gasteiger partial charge in [-0.25, -0.2) is 4.99 Å². The van der Waals surface area contributed by atoms with Crippen molar-refractivity contribution in [3.63, 3.8) is 0 Å². The summed E-state index contributed by atoms with van der Waals surface area (Å²) in [5.74, 6) is 0.473. The fourth-order valence-electron chi connectivity index (χ4n) is 2.13. The molecule has 2 rings (SSSR count). The molecule has 5 nitrogen and oxygen atoms in total. The highest BCUT2D eigenvalue weighted by Gasteiger charge is 2.20. The molecule has 0 fully saturated rings. The molecule has 1 atom stereocenters. The van der Waals surface area contributed by atoms with Gasteiger partial charge in [-0.1, -0.05) is 0 Å². The lowest BCUT2D eigenvalue weighted by Crippen LogP contribution is -2.29. The molecule has 0 bridgehead atoms. The monoisotopic (exact) mass is 259 g/mol. The lowest BCUT2D eigenvalue weighted by molar-refractivity contribution is 0.728. The molecule has 3 N–H and O–H groups in total. The molecule has 0 aromatic heterocycles. The van der Waals surface area contributed by atoms with Crippen molar-refractivity contribution in [2.45, 2.75) is 26.8 Å². The molecule has 0 amide bonds. The lowest BCUT2D eigenvalue weighted by atomic mass is 10.2. The maximum Gasteiger partial charge on any atom is 0.167 e. The first-order chi connectivity index (χ1) is 9.15. The predicted molar refractivity (Wildman–Crippen MR) is 81.3 cm³/mol. The van der Waals surface area contributed by atoms with Crippen molar-refractivity contribution in [2.24, 2.45) is 15.8 Å². The molecule has 5 heteroatoms. The number of hydrogen-bond acceptors (Lipinski definition) is 5. The van der Waals surface area contributed by atoms with E-state index in [1.54, 1.807) is 0 Å². The Morgan fingerprint density at radius 2 is 1.89 bits per heavy atom. The van der Waals surface area contributed by atoms with E-state index < -0.39 is 0 Å². The Balaban J connectivity index is 2.19. The van der Waals surface area contributed by atoms with Gasteiger partial charge in [-0.05, 0) is 45.0 Å². The molecule has 0 saturated carbocycles. The van der Waals surface area contributed by atoms with Crippen LogP contribution in [0.2, 0.25) is 0 Å². The summed E-state index contributed by atoms with van der Waals surface area (Å²) >= 11 is 0. The van der Waals surface area contributed by atoms with E-state index in [2.05, 4.69) is 46.4 Å². The third-order valence-corrected chi connectivity index (χ3v) is 3.28. The topological polar surface area (TPSA) is 66.0 Å². The summed E-state index contributed by atoms with van der Waals surface area (Å²) in [6.07, 6.45) is 0. The van der Waals surface area contributed by atoms with Crippen molar-refractivity contribution in [1.82, 2.24) is 5.43 Å². The van der Waals surface area contributed by atoms with E-state index in [1.165, 1.54) is 5.69 Å². The van der Waals surface area contributed by atoms with Gasteiger partial charge in [0.15, 0.2) is 5.84 Å². The second-order valence-electron chi connectivity index (χ2n) is 4.53. The minimum Gasteiger partial charge on any atom is -0.381 e. The Kier molecular flexibility index (Phi) is 4.04. The minimum atomic E-state index is 0.0717. The van der Waals surface area contributed by atoms with Gasteiger partial charge in [0.1, 0.15) is 5.71 Å². The highest BCUT2D eigenvalue weighted by molar-refractivity contribution is 6.44. The number of nitrogens with one attached hydrogen (secondary N) is 1. The highest BCUT2D eigenvalue weighted by atomic mass is 15.4. The molecule has 1 heterocycles. The number of anilines is 1. The van der Waals surface area contributed by atoms with E-state index in [-0.39, 0.29) is 6.04 Å². The normalized spacial score (nSPS) is 20.3. The van der Waals surface area contributed by atoms with Crippen LogP contribution < -0.4 is 16.1 Å². The first-order valence-corrected chi connectivity index (χ1v) is 6.68. The van der Waals surface area contributed by atoms with Crippen molar-refractivity contribution in [3.8, 4) is 0 Å². The molecule has 19 heavy (non-hydrogen) atoms. The summed E-state index contributed by atoms with van der Waals surface area (Å²) in [7, 11) is 0. The summed E-state index contributed by atoms with van der Waals surface area (Å²) in [4.78, 5) is 6.85. The summed E-state index contributed by atoms with van der Waals surface area (Å²) in [5, 5.41) is 3.97. The summed E-state index contributed by atoms with van der Waals surface area (Å²) < 4.78 is 0. The van der Waals surface area contributed by atoms with Crippen LogP contribution in [0.15, 0.2) is 34.4 Å². The van der Waals surface area contributed by atoms with E-state index in [4.69, 9.17) is 5.73 Å². The summed E-state index contributed by atoms with van der Waals surface area (Å²) in [6, 6.07) is 8.28. The van der Waals surface area contributed by atoms with E-state index in [9.17, 15) is 0 Å². The Labute approximate surface area is 114 Å². The molecule has 0 aliphatic carbocycles. The molecule has 1 aromatic carbocycles. The standard InChI is InChI=1S/C14H21N5/c1-4-19(5-2)12-8-6-11(7-9-12)16-13-10(3)17-18-14(13)15/h6-10,17H,4-5H2,1-3H3,(H2,15,18). The zero-order valence-corrected chi connectivity index (χ0v) is 11.7. The Morgan fingerprint density at radius 1 is 1.26 bits per heavy atom. The van der Waals surface area contributed by atoms with Gasteiger partial charge >= 0.3 is 0 Å². The van der Waals surface area contributed by atoms with Crippen LogP contribution in [-0.4, -0.2) is 30.7 Å². The molecular weight excluding hydrogens is 238 g/mol. The minimum absolute atomic E-state index is 0.0717. The number of nitrogens with zero attached hydrogens (tertiary/aromatic N) is 3. The van der Waals surface area contributed by atoms with Crippen LogP contribution in [0.5, 0.6) is 0 Å². The van der Waals surface area contributed by atoms with Gasteiger partial charge in [0, 0.05) is 18.8 Å². The first-order valence-electron chi connectivity index (χ1n) is 6.68. The molecule has 0 radical (unpaired) electrons. The van der Waals surface area contributed by atoms with Crippen LogP contribution in [0.4, 0.5) is 11.4 Å². The Morgan fingerprint density at radius 3 is 2.37 bits per heavy atom. The maximum atomic E-state index is 5.79. The molecule has 1 aromatic rings. The fourth-order valence-corrected chi connectivity index (χ4v) is 2.13. The number of benzene rings is 1. The van der Waals surface area contributed by atoms with Crippen LogP contribution in [0.25, 0.3) is 0 Å². The van der Waals surface area contributed by atoms with Crippen molar-refractivity contribution in [2.75, 3.05) is 18.0 Å². The molecule has 102 valence electrons. The largest absolute Gasteiger partial charge is 0.381 e. The number of rotatable bonds is 4. The third-order valence-electron chi connectivity index (χ3n) is 3.28. The number of hydrazone groups is 1. The van der Waals surface area contributed by atoms with Crippen LogP contribution >= 0.6 is 0 Å². The molecule has 0 spiro atoms. The zero-order valence-electron chi connectivity index (χ0n) is 11.7. The van der Waals surface area contributed by atoms with Crippen molar-refractivity contribution >= 4 is 22.9 Å². The van der Waals surface area contributed by atoms with E-state index >= 15 is 0 Å². The molecular formula is C14H21N5. The highest BCUT2D eigenvalue weighted by Crippen LogP contribution is 2.20. The van der Waals surface area contributed by atoms with Crippen LogP contribution in [0.1, 0.15) is 20.8 Å². The van der Waals surface area contributed by atoms with E-state index in [1.807, 2.05) is 19.1 Å². The van der Waals surface area contributed by atoms with Crippen molar-refractivity contribution in [1.29, 1.82) is 0 Å². The van der Waals surface area contributed by atoms with Gasteiger partial charge in [0.05, 0.1) is 11.7 Å². The SMILES string of the molecule is CCN(CC)c1ccc(N=C2C(N)=NNC2C)cc1. The average molecular weight is 259 g/mol. The van der Waals surface area contributed by atoms with Crippen LogP contribution in [0, 0.1) is 0 Å². The lowest BCUT2D eigenvalue weighted by Gasteiger charge is -2.20. The van der Waals surface area contributed by atoms with Crippen LogP contribution in [-0.2, 0) is 0 Å². The van der Waals surface area contributed by atoms with Gasteiger partial charge < -0.3 is 10.6 Å². The molecule has 0 saturated heterocycles. The molecule has 1 unspecified atom stereocenters. The quantitative estimate of drug-likeness (QED) is 0.867. The molecule has 1 aliphatic heterocycles. The fraction of sp³-hybridized carbons (Fsp3) is 0.429. The number of aliphatic imine (C=N–C) groups is 1. The van der Waals surface area contributed by atoms with Gasteiger partial charge in [-0.2, -0.15) is 5.10 Å². The van der Waals surface area contributed by atoms with Crippen LogP contribution in [0.3, 0.4) is 0 Å². The maximum absolute atomic E-state index is 5.79. The van der Waals surface area contributed by atoms with E-state index in [0.29, 0.717) is 5.84 Å². The smallest absolute Gasteiger partial charge is 0.167 e. The molecule has 1 aliphatic rings. The first kappa shape index (κ1) is 13.4. The van der Waals surface area contributed by atoms with Gasteiger partial charge in [0.25, 0.3) is 0 Å². The van der Waals surface area contributed by atoms with Gasteiger partial charge in [0.2, 0.25) is 0 Å². The second kappa shape index (κ2) is 5.73. The van der Waals surface area contributed by atoms with Crippen molar-refractivity contribution in [3.05, 3.63) is 24.3 Å². The average Bonchev–Trinajstić information content (AvgIpc) is 2.74. The zero-order chi connectivity index (χ0) is 13.8. The summed E-state index contributed by atoms with van der Waals surface area (Å²) in [5.41, 5.74) is 11.6. The Bertz CT molecular complexity index is 485.